The van der Waals surface area contributed by atoms with E-state index in [0.29, 0.717) is 0 Å². The van der Waals surface area contributed by atoms with Gasteiger partial charge in [-0.2, -0.15) is 0 Å². The lowest BCUT2D eigenvalue weighted by Gasteiger charge is -2.07. The zero-order chi connectivity index (χ0) is 10.9. The molecule has 0 aliphatic heterocycles. The van der Waals surface area contributed by atoms with Crippen LogP contribution in [0.1, 0.15) is 11.7 Å². The molecule has 0 aliphatic rings. The Morgan fingerprint density at radius 3 is 2.57 bits per heavy atom. The van der Waals surface area contributed by atoms with Gasteiger partial charge in [-0.25, -0.2) is 9.18 Å². The van der Waals surface area contributed by atoms with E-state index < -0.39 is 17.9 Å². The molecule has 1 atom stereocenters. The first-order valence-electron chi connectivity index (χ1n) is 3.48. The largest absolute Gasteiger partial charge is 0.479 e. The maximum absolute atomic E-state index is 13.0. The minimum absolute atomic E-state index is 0.0636. The predicted octanol–water partition coefficient (Wildman–Crippen LogP) is 2.36. The molecule has 1 aromatic rings. The molecule has 0 fully saturated rings. The normalized spacial score (nSPS) is 12.6. The Bertz CT molecular complexity index is 360. The number of hydrogen-bond donors (Lipinski definition) is 2. The molecule has 1 unspecified atom stereocenters. The topological polar surface area (TPSA) is 57.5 Å². The molecule has 0 radical (unpaired) electrons. The lowest BCUT2D eigenvalue weighted by Crippen LogP contribution is -2.10. The molecule has 0 saturated carbocycles. The number of carboxylic acids is 1. The van der Waals surface area contributed by atoms with Crippen LogP contribution >= 0.6 is 27.5 Å². The molecule has 0 bridgehead atoms. The van der Waals surface area contributed by atoms with Gasteiger partial charge in [-0.3, -0.25) is 0 Å². The molecule has 14 heavy (non-hydrogen) atoms. The Labute approximate surface area is 92.2 Å². The van der Waals surface area contributed by atoms with Gasteiger partial charge in [-0.1, -0.05) is 11.6 Å². The van der Waals surface area contributed by atoms with E-state index in [4.69, 9.17) is 21.8 Å². The van der Waals surface area contributed by atoms with Crippen LogP contribution in [0.5, 0.6) is 0 Å². The molecule has 0 heterocycles. The number of benzene rings is 1. The van der Waals surface area contributed by atoms with Crippen LogP contribution in [0.15, 0.2) is 16.6 Å². The minimum atomic E-state index is -1.75. The van der Waals surface area contributed by atoms with Crippen molar-refractivity contribution >= 4 is 33.5 Å². The zero-order valence-corrected chi connectivity index (χ0v) is 9.01. The van der Waals surface area contributed by atoms with Crippen LogP contribution in [-0.4, -0.2) is 16.2 Å². The van der Waals surface area contributed by atoms with Crippen LogP contribution in [0.3, 0.4) is 0 Å². The molecule has 1 aromatic carbocycles. The van der Waals surface area contributed by atoms with E-state index in [1.807, 2.05) is 0 Å². The van der Waals surface area contributed by atoms with Crippen molar-refractivity contribution in [3.05, 3.63) is 33.0 Å². The van der Waals surface area contributed by atoms with Gasteiger partial charge < -0.3 is 10.2 Å². The summed E-state index contributed by atoms with van der Waals surface area (Å²) >= 11 is 8.42. The molecule has 0 aromatic heterocycles. The monoisotopic (exact) mass is 282 g/mol. The van der Waals surface area contributed by atoms with Crippen molar-refractivity contribution < 1.29 is 19.4 Å². The highest BCUT2D eigenvalue weighted by Crippen LogP contribution is 2.29. The Balaban J connectivity index is 3.19. The van der Waals surface area contributed by atoms with E-state index in [2.05, 4.69) is 15.9 Å². The van der Waals surface area contributed by atoms with Gasteiger partial charge in [0.15, 0.2) is 6.10 Å². The molecule has 6 heteroatoms. The number of hydrogen-bond acceptors (Lipinski definition) is 2. The second-order valence-electron chi connectivity index (χ2n) is 2.54. The third-order valence-corrected chi connectivity index (χ3v) is 2.79. The summed E-state index contributed by atoms with van der Waals surface area (Å²) in [6.45, 7) is 0. The molecule has 2 N–H and O–H groups in total. The van der Waals surface area contributed by atoms with E-state index in [1.165, 1.54) is 6.07 Å². The summed E-state index contributed by atoms with van der Waals surface area (Å²) in [7, 11) is 0. The third-order valence-electron chi connectivity index (χ3n) is 1.56. The van der Waals surface area contributed by atoms with Crippen molar-refractivity contribution in [3.63, 3.8) is 0 Å². The van der Waals surface area contributed by atoms with Gasteiger partial charge >= 0.3 is 5.97 Å². The molecule has 0 aliphatic carbocycles. The van der Waals surface area contributed by atoms with Crippen molar-refractivity contribution in [3.8, 4) is 0 Å². The molecule has 3 nitrogen and oxygen atoms in total. The summed E-state index contributed by atoms with van der Waals surface area (Å²) in [5.74, 6) is -2.23. The fourth-order valence-electron chi connectivity index (χ4n) is 0.876. The Morgan fingerprint density at radius 1 is 1.57 bits per heavy atom. The lowest BCUT2D eigenvalue weighted by molar-refractivity contribution is -0.146. The van der Waals surface area contributed by atoms with Crippen LogP contribution in [-0.2, 0) is 4.79 Å². The van der Waals surface area contributed by atoms with Crippen LogP contribution in [0.2, 0.25) is 5.02 Å². The van der Waals surface area contributed by atoms with Crippen molar-refractivity contribution in [1.29, 1.82) is 0 Å². The number of carbonyl (C=O) groups is 1. The van der Waals surface area contributed by atoms with Gasteiger partial charge in [-0.15, -0.1) is 0 Å². The first-order valence-corrected chi connectivity index (χ1v) is 4.66. The van der Waals surface area contributed by atoms with Crippen LogP contribution in [0.4, 0.5) is 4.39 Å². The van der Waals surface area contributed by atoms with E-state index >= 15 is 0 Å². The fraction of sp³-hybridized carbons (Fsp3) is 0.125. The second-order valence-corrected chi connectivity index (χ2v) is 3.77. The molecular formula is C8H5BrClFO3. The predicted molar refractivity (Wildman–Crippen MR) is 51.7 cm³/mol. The Hall–Kier alpha value is -0.650. The minimum Gasteiger partial charge on any atom is -0.479 e. The smallest absolute Gasteiger partial charge is 0.337 e. The maximum Gasteiger partial charge on any atom is 0.337 e. The Kier molecular flexibility index (Phi) is 3.47. The average molecular weight is 283 g/mol. The Morgan fingerprint density at radius 2 is 2.14 bits per heavy atom. The highest BCUT2D eigenvalue weighted by Gasteiger charge is 2.18. The van der Waals surface area contributed by atoms with E-state index in [-0.39, 0.29) is 15.1 Å². The van der Waals surface area contributed by atoms with Gasteiger partial charge in [0.25, 0.3) is 0 Å². The summed E-state index contributed by atoms with van der Waals surface area (Å²) in [6, 6.07) is 2.13. The molecule has 0 amide bonds. The van der Waals surface area contributed by atoms with E-state index in [1.54, 1.807) is 0 Å². The molecule has 76 valence electrons. The quantitative estimate of drug-likeness (QED) is 0.819. The van der Waals surface area contributed by atoms with Crippen LogP contribution in [0.25, 0.3) is 0 Å². The zero-order valence-electron chi connectivity index (χ0n) is 6.67. The van der Waals surface area contributed by atoms with Gasteiger partial charge in [0, 0.05) is 4.47 Å². The van der Waals surface area contributed by atoms with Crippen molar-refractivity contribution in [1.82, 2.24) is 0 Å². The highest BCUT2D eigenvalue weighted by atomic mass is 79.9. The van der Waals surface area contributed by atoms with Gasteiger partial charge in [-0.05, 0) is 33.6 Å². The molecular weight excluding hydrogens is 278 g/mol. The summed E-state index contributed by atoms with van der Waals surface area (Å²) < 4.78 is 13.2. The van der Waals surface area contributed by atoms with Gasteiger partial charge in [0.1, 0.15) is 5.82 Å². The summed E-state index contributed by atoms with van der Waals surface area (Å²) in [5, 5.41) is 17.4. The maximum atomic E-state index is 13.0. The first kappa shape index (κ1) is 11.4. The molecule has 1 rings (SSSR count). The highest BCUT2D eigenvalue weighted by molar-refractivity contribution is 9.10. The van der Waals surface area contributed by atoms with E-state index in [0.717, 1.165) is 6.07 Å². The van der Waals surface area contributed by atoms with Crippen LogP contribution in [0, 0.1) is 5.82 Å². The van der Waals surface area contributed by atoms with Crippen molar-refractivity contribution in [2.45, 2.75) is 6.10 Å². The summed E-state index contributed by atoms with van der Waals surface area (Å²) in [5.41, 5.74) is -0.0636. The lowest BCUT2D eigenvalue weighted by atomic mass is 10.1. The van der Waals surface area contributed by atoms with Gasteiger partial charge in [0.2, 0.25) is 0 Å². The molecule has 0 saturated heterocycles. The second kappa shape index (κ2) is 4.25. The first-order chi connectivity index (χ1) is 6.43. The fourth-order valence-corrected chi connectivity index (χ4v) is 1.44. The van der Waals surface area contributed by atoms with Crippen molar-refractivity contribution in [2.24, 2.45) is 0 Å². The standard InChI is InChI=1S/C8H5BrClFO3/c9-4-1-3(7(12)8(13)14)2-5(11)6(4)10/h1-2,7,12H,(H,13,14). The number of aliphatic carboxylic acids is 1. The van der Waals surface area contributed by atoms with Gasteiger partial charge in [0.05, 0.1) is 5.02 Å². The third kappa shape index (κ3) is 2.23. The number of rotatable bonds is 2. The number of aliphatic hydroxyl groups excluding tert-OH is 1. The number of halogens is 3. The molecule has 0 spiro atoms. The van der Waals surface area contributed by atoms with Crippen LogP contribution < -0.4 is 0 Å². The number of aliphatic hydroxyl groups is 1. The summed E-state index contributed by atoms with van der Waals surface area (Å²) in [4.78, 5) is 10.4. The average Bonchev–Trinajstić information content (AvgIpc) is 2.12. The number of carboxylic acid groups (broad SMARTS) is 1. The SMILES string of the molecule is O=C(O)C(O)c1cc(F)c(Cl)c(Br)c1. The van der Waals surface area contributed by atoms with Crippen molar-refractivity contribution in [2.75, 3.05) is 0 Å². The van der Waals surface area contributed by atoms with E-state index in [9.17, 15) is 9.18 Å². The summed E-state index contributed by atoms with van der Waals surface area (Å²) in [6.07, 6.45) is -1.75.